The Morgan fingerprint density at radius 1 is 1.00 bits per heavy atom. The molecule has 10 heteroatoms. The molecule has 0 atom stereocenters. The molecule has 0 saturated carbocycles. The number of benzene rings is 2. The molecular weight excluding hydrogens is 357 g/mol. The van der Waals surface area contributed by atoms with Gasteiger partial charge in [0.25, 0.3) is 15.9 Å². The van der Waals surface area contributed by atoms with Gasteiger partial charge in [-0.15, -0.1) is 4.83 Å². The lowest BCUT2D eigenvalue weighted by Crippen LogP contribution is -2.42. The van der Waals surface area contributed by atoms with Gasteiger partial charge in [-0.1, -0.05) is 23.7 Å². The molecule has 0 saturated heterocycles. The van der Waals surface area contributed by atoms with E-state index < -0.39 is 38.3 Å². The molecule has 0 heterocycles. The molecule has 2 aromatic carbocycles. The Morgan fingerprint density at radius 3 is 2.30 bits per heavy atom. The van der Waals surface area contributed by atoms with Crippen molar-refractivity contribution in [3.05, 3.63) is 64.4 Å². The molecule has 0 aliphatic rings. The minimum absolute atomic E-state index is 0.0392. The molecule has 0 aliphatic carbocycles. The number of sulfonamides is 1. The number of nitrogens with one attached hydrogen (secondary N) is 2. The van der Waals surface area contributed by atoms with Gasteiger partial charge in [0.15, 0.2) is 17.5 Å². The fraction of sp³-hybridized carbons (Fsp3) is 0. The Bertz CT molecular complexity index is 875. The fourth-order valence-corrected chi connectivity index (χ4v) is 2.73. The van der Waals surface area contributed by atoms with E-state index in [9.17, 15) is 26.4 Å². The summed E-state index contributed by atoms with van der Waals surface area (Å²) < 4.78 is 63.1. The quantitative estimate of drug-likeness (QED) is 0.646. The first kappa shape index (κ1) is 17.3. The molecule has 2 N–H and O–H groups in total. The predicted octanol–water partition coefficient (Wildman–Crippen LogP) is 2.38. The zero-order chi connectivity index (χ0) is 17.2. The van der Waals surface area contributed by atoms with Crippen LogP contribution in [-0.2, 0) is 10.0 Å². The topological polar surface area (TPSA) is 75.3 Å². The smallest absolute Gasteiger partial charge is 0.267 e. The second-order valence-electron chi connectivity index (χ2n) is 4.21. The van der Waals surface area contributed by atoms with Gasteiger partial charge in [0, 0.05) is 0 Å². The summed E-state index contributed by atoms with van der Waals surface area (Å²) in [5.41, 5.74) is 1.76. The van der Waals surface area contributed by atoms with Crippen molar-refractivity contribution in [3.8, 4) is 0 Å². The summed E-state index contributed by atoms with van der Waals surface area (Å²) in [4.78, 5) is 12.2. The lowest BCUT2D eigenvalue weighted by molar-refractivity contribution is 0.0945. The molecule has 23 heavy (non-hydrogen) atoms. The summed E-state index contributed by atoms with van der Waals surface area (Å²) in [7, 11) is -4.65. The third-order valence-corrected chi connectivity index (χ3v) is 4.30. The van der Waals surface area contributed by atoms with E-state index >= 15 is 0 Å². The van der Waals surface area contributed by atoms with Gasteiger partial charge in [-0.2, -0.15) is 0 Å². The molecule has 0 fully saturated rings. The number of hydrogen-bond donors (Lipinski definition) is 2. The van der Waals surface area contributed by atoms with Gasteiger partial charge in [-0.25, -0.2) is 21.6 Å². The normalized spacial score (nSPS) is 11.3. The zero-order valence-electron chi connectivity index (χ0n) is 11.1. The Labute approximate surface area is 134 Å². The van der Waals surface area contributed by atoms with E-state index in [0.717, 1.165) is 0 Å². The first-order chi connectivity index (χ1) is 10.7. The Kier molecular flexibility index (Phi) is 4.93. The standard InChI is InChI=1S/C13H8ClF3N2O3S/c14-8-4-2-1-3-7(8)13(20)18-19-23(21,22)10-6-5-9(15)11(16)12(10)17/h1-6,19H,(H,18,20). The van der Waals surface area contributed by atoms with Gasteiger partial charge < -0.3 is 0 Å². The molecule has 2 rings (SSSR count). The number of rotatable bonds is 4. The number of hydrogen-bond acceptors (Lipinski definition) is 3. The second kappa shape index (κ2) is 6.57. The van der Waals surface area contributed by atoms with E-state index in [-0.39, 0.29) is 10.6 Å². The number of amides is 1. The van der Waals surface area contributed by atoms with E-state index in [1.165, 1.54) is 18.2 Å². The molecular formula is C13H8ClF3N2O3S. The van der Waals surface area contributed by atoms with Crippen molar-refractivity contribution < 1.29 is 26.4 Å². The number of carbonyl (C=O) groups is 1. The molecule has 0 radical (unpaired) electrons. The van der Waals surface area contributed by atoms with Crippen LogP contribution in [0.3, 0.4) is 0 Å². The van der Waals surface area contributed by atoms with Crippen molar-refractivity contribution in [1.29, 1.82) is 0 Å². The highest BCUT2D eigenvalue weighted by Gasteiger charge is 2.24. The van der Waals surface area contributed by atoms with Crippen LogP contribution < -0.4 is 10.3 Å². The zero-order valence-corrected chi connectivity index (χ0v) is 12.7. The summed E-state index contributed by atoms with van der Waals surface area (Å²) in [6.07, 6.45) is 0. The Morgan fingerprint density at radius 2 is 1.65 bits per heavy atom. The van der Waals surface area contributed by atoms with Crippen LogP contribution in [0.5, 0.6) is 0 Å². The summed E-state index contributed by atoms with van der Waals surface area (Å²) in [6, 6.07) is 6.74. The van der Waals surface area contributed by atoms with Crippen LogP contribution in [0.4, 0.5) is 13.2 Å². The molecule has 0 spiro atoms. The second-order valence-corrected chi connectivity index (χ2v) is 6.27. The molecule has 0 aliphatic heterocycles. The third kappa shape index (κ3) is 3.63. The van der Waals surface area contributed by atoms with E-state index in [0.29, 0.717) is 12.1 Å². The van der Waals surface area contributed by atoms with Crippen LogP contribution in [0.15, 0.2) is 41.3 Å². The van der Waals surface area contributed by atoms with Crippen molar-refractivity contribution in [2.24, 2.45) is 0 Å². The van der Waals surface area contributed by atoms with E-state index in [1.807, 2.05) is 0 Å². The maximum atomic E-state index is 13.5. The average molecular weight is 365 g/mol. The first-order valence-corrected chi connectivity index (χ1v) is 7.80. The Hall–Kier alpha value is -2.10. The predicted molar refractivity (Wildman–Crippen MR) is 75.6 cm³/mol. The molecule has 2 aromatic rings. The lowest BCUT2D eigenvalue weighted by atomic mass is 10.2. The lowest BCUT2D eigenvalue weighted by Gasteiger charge is -2.10. The summed E-state index contributed by atoms with van der Waals surface area (Å²) in [5.74, 6) is -6.29. The van der Waals surface area contributed by atoms with Gasteiger partial charge in [0.05, 0.1) is 10.6 Å². The van der Waals surface area contributed by atoms with Crippen LogP contribution in [0.1, 0.15) is 10.4 Å². The maximum absolute atomic E-state index is 13.5. The van der Waals surface area contributed by atoms with Gasteiger partial charge in [0.1, 0.15) is 4.90 Å². The molecule has 0 bridgehead atoms. The monoisotopic (exact) mass is 364 g/mol. The molecule has 1 amide bonds. The highest BCUT2D eigenvalue weighted by atomic mass is 35.5. The molecule has 0 unspecified atom stereocenters. The van der Waals surface area contributed by atoms with E-state index in [2.05, 4.69) is 0 Å². The van der Waals surface area contributed by atoms with Gasteiger partial charge in [-0.3, -0.25) is 10.2 Å². The highest BCUT2D eigenvalue weighted by molar-refractivity contribution is 7.89. The van der Waals surface area contributed by atoms with E-state index in [1.54, 1.807) is 16.3 Å². The van der Waals surface area contributed by atoms with Gasteiger partial charge >= 0.3 is 0 Å². The first-order valence-electron chi connectivity index (χ1n) is 5.94. The number of halogens is 4. The molecule has 5 nitrogen and oxygen atoms in total. The van der Waals surface area contributed by atoms with Crippen molar-refractivity contribution in [1.82, 2.24) is 10.3 Å². The van der Waals surface area contributed by atoms with Crippen molar-refractivity contribution >= 4 is 27.5 Å². The van der Waals surface area contributed by atoms with Crippen LogP contribution in [0.2, 0.25) is 5.02 Å². The SMILES string of the molecule is O=C(NNS(=O)(=O)c1ccc(F)c(F)c1F)c1ccccc1Cl. The largest absolute Gasteiger partial charge is 0.273 e. The number of hydrazine groups is 1. The van der Waals surface area contributed by atoms with E-state index in [4.69, 9.17) is 11.6 Å². The van der Waals surface area contributed by atoms with Crippen LogP contribution in [0.25, 0.3) is 0 Å². The van der Waals surface area contributed by atoms with Crippen molar-refractivity contribution in [2.75, 3.05) is 0 Å². The average Bonchev–Trinajstić information content (AvgIpc) is 2.50. The third-order valence-electron chi connectivity index (χ3n) is 2.71. The fourth-order valence-electron chi connectivity index (χ4n) is 1.60. The summed E-state index contributed by atoms with van der Waals surface area (Å²) >= 11 is 5.76. The van der Waals surface area contributed by atoms with Gasteiger partial charge in [0.2, 0.25) is 0 Å². The minimum atomic E-state index is -4.65. The summed E-state index contributed by atoms with van der Waals surface area (Å²) in [6.45, 7) is 0. The van der Waals surface area contributed by atoms with Crippen LogP contribution >= 0.6 is 11.6 Å². The Balaban J connectivity index is 2.22. The van der Waals surface area contributed by atoms with Gasteiger partial charge in [-0.05, 0) is 24.3 Å². The van der Waals surface area contributed by atoms with Crippen LogP contribution in [0, 0.1) is 17.5 Å². The molecule has 122 valence electrons. The van der Waals surface area contributed by atoms with Crippen molar-refractivity contribution in [2.45, 2.75) is 4.90 Å². The van der Waals surface area contributed by atoms with Crippen molar-refractivity contribution in [3.63, 3.8) is 0 Å². The maximum Gasteiger partial charge on any atom is 0.267 e. The molecule has 0 aromatic heterocycles. The summed E-state index contributed by atoms with van der Waals surface area (Å²) in [5, 5.41) is 0.0585. The minimum Gasteiger partial charge on any atom is -0.273 e. The van der Waals surface area contributed by atoms with Crippen LogP contribution in [-0.4, -0.2) is 14.3 Å². The highest BCUT2D eigenvalue weighted by Crippen LogP contribution is 2.19. The number of carbonyl (C=O) groups excluding carboxylic acids is 1.